The Balaban J connectivity index is 0.00000705. The summed E-state index contributed by atoms with van der Waals surface area (Å²) in [6.07, 6.45) is 9.30. The summed E-state index contributed by atoms with van der Waals surface area (Å²) in [5, 5.41) is 3.24. The molecule has 1 aliphatic heterocycles. The number of likely N-dealkylation sites (tertiary alicyclic amines) is 1. The summed E-state index contributed by atoms with van der Waals surface area (Å²) < 4.78 is 6.58. The van der Waals surface area contributed by atoms with E-state index in [2.05, 4.69) is 82.1 Å². The number of halogens is 1. The monoisotopic (exact) mass is 685 g/mol. The summed E-state index contributed by atoms with van der Waals surface area (Å²) in [5.74, 6) is 0.451. The molecule has 1 fully saturated rings. The fourth-order valence-corrected chi connectivity index (χ4v) is 7.17. The number of amides is 1. The third-order valence-electron chi connectivity index (χ3n) is 10.0. The van der Waals surface area contributed by atoms with Crippen LogP contribution in [0.1, 0.15) is 93.0 Å². The van der Waals surface area contributed by atoms with Crippen molar-refractivity contribution < 1.29 is 35.8 Å². The van der Waals surface area contributed by atoms with Gasteiger partial charge in [0, 0.05) is 25.8 Å². The van der Waals surface area contributed by atoms with Crippen LogP contribution in [-0.4, -0.2) is 79.6 Å². The molecule has 2 aromatic carbocycles. The highest BCUT2D eigenvalue weighted by Crippen LogP contribution is 2.25. The van der Waals surface area contributed by atoms with Crippen LogP contribution in [0.4, 0.5) is 5.69 Å². The van der Waals surface area contributed by atoms with E-state index in [-0.39, 0.29) is 35.0 Å². The van der Waals surface area contributed by atoms with Gasteiger partial charge in [-0.25, -0.2) is 0 Å². The molecule has 0 aromatic heterocycles. The van der Waals surface area contributed by atoms with E-state index in [9.17, 15) is 9.59 Å². The Morgan fingerprint density at radius 3 is 2.09 bits per heavy atom. The highest BCUT2D eigenvalue weighted by atomic mass is 79.9. The van der Waals surface area contributed by atoms with Gasteiger partial charge in [0.25, 0.3) is 0 Å². The number of aryl methyl sites for hydroxylation is 4. The Kier molecular flexibility index (Phi) is 17.0. The summed E-state index contributed by atoms with van der Waals surface area (Å²) in [5.41, 5.74) is 6.78. The largest absolute Gasteiger partial charge is 1.00 e. The number of unbranched alkanes of at least 4 members (excludes halogenated alkanes) is 4. The lowest BCUT2D eigenvalue weighted by Crippen LogP contribution is -3.00. The molecule has 7 heteroatoms. The molecule has 1 amide bonds. The van der Waals surface area contributed by atoms with Gasteiger partial charge in [-0.3, -0.25) is 14.5 Å². The van der Waals surface area contributed by atoms with Crippen molar-refractivity contribution in [2.24, 2.45) is 0 Å². The molecule has 0 aliphatic carbocycles. The van der Waals surface area contributed by atoms with Crippen molar-refractivity contribution in [3.05, 3.63) is 64.2 Å². The normalized spacial score (nSPS) is 18.2. The number of nitrogens with one attached hydrogen (secondary N) is 1. The lowest BCUT2D eigenvalue weighted by atomic mass is 9.97. The Morgan fingerprint density at radius 1 is 0.889 bits per heavy atom. The number of likely N-dealkylation sites (N-methyl/N-ethyl adjacent to an activating group) is 1. The molecule has 0 radical (unpaired) electrons. The molecule has 0 saturated carbocycles. The van der Waals surface area contributed by atoms with Gasteiger partial charge in [0.2, 0.25) is 5.91 Å². The van der Waals surface area contributed by atoms with Crippen molar-refractivity contribution in [2.45, 2.75) is 111 Å². The van der Waals surface area contributed by atoms with Crippen LogP contribution in [0.3, 0.4) is 0 Å². The number of methoxy groups -OCH3 is 1. The summed E-state index contributed by atoms with van der Waals surface area (Å²) in [6, 6.07) is 12.3. The van der Waals surface area contributed by atoms with Crippen LogP contribution >= 0.6 is 0 Å². The zero-order valence-electron chi connectivity index (χ0n) is 29.2. The van der Waals surface area contributed by atoms with Gasteiger partial charge in [-0.1, -0.05) is 56.2 Å². The van der Waals surface area contributed by atoms with Crippen LogP contribution in [0.25, 0.3) is 0 Å². The molecule has 1 N–H and O–H groups in total. The van der Waals surface area contributed by atoms with Gasteiger partial charge in [0.05, 0.1) is 31.8 Å². The maximum Gasteiger partial charge on any atom is 0.241 e. The van der Waals surface area contributed by atoms with E-state index in [0.717, 1.165) is 86.1 Å². The van der Waals surface area contributed by atoms with Gasteiger partial charge in [0.1, 0.15) is 6.54 Å². The molecule has 0 bridgehead atoms. The average molecular weight is 687 g/mol. The molecule has 3 rings (SSSR count). The molecule has 1 saturated heterocycles. The summed E-state index contributed by atoms with van der Waals surface area (Å²) in [4.78, 5) is 29.1. The Labute approximate surface area is 284 Å². The quantitative estimate of drug-likeness (QED) is 0.187. The van der Waals surface area contributed by atoms with Crippen LogP contribution in [-0.2, 0) is 20.7 Å². The van der Waals surface area contributed by atoms with Crippen LogP contribution in [0.2, 0.25) is 0 Å². The minimum atomic E-state index is -0.162. The molecule has 45 heavy (non-hydrogen) atoms. The zero-order chi connectivity index (χ0) is 32.1. The van der Waals surface area contributed by atoms with E-state index in [0.29, 0.717) is 18.7 Å². The number of Topliss-reactive ketones (excluding diaryl/α,β-unsaturated/α-hetero) is 1. The van der Waals surface area contributed by atoms with Gasteiger partial charge in [-0.2, -0.15) is 0 Å². The number of rotatable bonds is 18. The number of carbonyl (C=O) groups excluding carboxylic acids is 2. The number of ketones is 1. The lowest BCUT2D eigenvalue weighted by Gasteiger charge is -2.38. The van der Waals surface area contributed by atoms with E-state index >= 15 is 0 Å². The molecule has 6 nitrogen and oxygen atoms in total. The average Bonchev–Trinajstić information content (AvgIpc) is 3.00. The van der Waals surface area contributed by atoms with Crippen molar-refractivity contribution in [2.75, 3.05) is 51.7 Å². The third-order valence-corrected chi connectivity index (χ3v) is 10.0. The molecule has 3 atom stereocenters. The predicted octanol–water partition coefficient (Wildman–Crippen LogP) is 4.35. The van der Waals surface area contributed by atoms with E-state index in [1.807, 2.05) is 6.07 Å². The second kappa shape index (κ2) is 19.6. The standard InChI is InChI=1S/C38H59N3O3.BrH/c1-8-24-41(9-2,28-33(42)26-35-29(3)17-15-18-30(35)4)25-14-12-10-11-13-22-40-23-21-34(44-7)27-36(40)38(43)39-37-31(5)19-16-20-32(37)6;/h15-20,34,36H,8-14,21-28H2,1-7H3;1H/t34?,36-,41?;/m1./s1. The van der Waals surface area contributed by atoms with Gasteiger partial charge < -0.3 is 31.5 Å². The van der Waals surface area contributed by atoms with Gasteiger partial charge >= 0.3 is 0 Å². The Hall–Kier alpha value is -2.06. The first-order valence-corrected chi connectivity index (χ1v) is 17.2. The van der Waals surface area contributed by atoms with E-state index in [1.54, 1.807) is 7.11 Å². The molecule has 2 unspecified atom stereocenters. The number of hydrogen-bond acceptors (Lipinski definition) is 4. The SMILES string of the molecule is CCC[N+](CC)(CCCCCCCN1CCC(OC)C[C@@H]1C(=O)Nc1c(C)cccc1C)CC(=O)Cc1c(C)cccc1C.[Br-]. The maximum atomic E-state index is 13.5. The molecular weight excluding hydrogens is 626 g/mol. The summed E-state index contributed by atoms with van der Waals surface area (Å²) in [6.45, 7) is 18.5. The Bertz CT molecular complexity index is 1180. The minimum absolute atomic E-state index is 0. The highest BCUT2D eigenvalue weighted by molar-refractivity contribution is 5.96. The molecule has 0 spiro atoms. The van der Waals surface area contributed by atoms with Crippen LogP contribution in [0.5, 0.6) is 0 Å². The molecular formula is C38H60BrN3O3. The zero-order valence-corrected chi connectivity index (χ0v) is 30.8. The summed E-state index contributed by atoms with van der Waals surface area (Å²) >= 11 is 0. The van der Waals surface area contributed by atoms with E-state index in [4.69, 9.17) is 4.74 Å². The van der Waals surface area contributed by atoms with Gasteiger partial charge in [-0.05, 0) is 108 Å². The number of piperidine rings is 1. The number of quaternary nitrogens is 1. The predicted molar refractivity (Wildman–Crippen MR) is 183 cm³/mol. The first-order chi connectivity index (χ1) is 21.1. The number of hydrogen-bond donors (Lipinski definition) is 1. The van der Waals surface area contributed by atoms with Crippen LogP contribution in [0.15, 0.2) is 36.4 Å². The number of carbonyl (C=O) groups is 2. The second-order valence-electron chi connectivity index (χ2n) is 13.3. The number of anilines is 1. The topological polar surface area (TPSA) is 58.6 Å². The van der Waals surface area contributed by atoms with Crippen molar-refractivity contribution >= 4 is 17.4 Å². The minimum Gasteiger partial charge on any atom is -1.00 e. The van der Waals surface area contributed by atoms with Crippen molar-refractivity contribution in [1.82, 2.24) is 4.90 Å². The van der Waals surface area contributed by atoms with Crippen molar-refractivity contribution in [3.8, 4) is 0 Å². The first kappa shape index (κ1) is 39.1. The number of para-hydroxylation sites is 1. The van der Waals surface area contributed by atoms with Crippen molar-refractivity contribution in [3.63, 3.8) is 0 Å². The first-order valence-electron chi connectivity index (χ1n) is 17.2. The van der Waals surface area contributed by atoms with E-state index in [1.165, 1.54) is 36.0 Å². The maximum absolute atomic E-state index is 13.5. The lowest BCUT2D eigenvalue weighted by molar-refractivity contribution is -0.919. The van der Waals surface area contributed by atoms with Gasteiger partial charge in [0.15, 0.2) is 5.78 Å². The summed E-state index contributed by atoms with van der Waals surface area (Å²) in [7, 11) is 1.76. The fraction of sp³-hybridized carbons (Fsp3) is 0.632. The fourth-order valence-electron chi connectivity index (χ4n) is 7.17. The number of benzene rings is 2. The molecule has 1 heterocycles. The molecule has 252 valence electrons. The van der Waals surface area contributed by atoms with Crippen molar-refractivity contribution in [1.29, 1.82) is 0 Å². The van der Waals surface area contributed by atoms with Crippen LogP contribution < -0.4 is 22.3 Å². The number of nitrogens with zero attached hydrogens (tertiary/aromatic N) is 2. The molecule has 2 aromatic rings. The van der Waals surface area contributed by atoms with Crippen LogP contribution in [0, 0.1) is 27.7 Å². The highest BCUT2D eigenvalue weighted by Gasteiger charge is 2.33. The van der Waals surface area contributed by atoms with Gasteiger partial charge in [-0.15, -0.1) is 0 Å². The molecule has 1 aliphatic rings. The van der Waals surface area contributed by atoms with E-state index < -0.39 is 0 Å². The number of ether oxygens (including phenoxy) is 1. The third kappa shape index (κ3) is 11.6. The smallest absolute Gasteiger partial charge is 0.241 e. The Morgan fingerprint density at radius 2 is 1.49 bits per heavy atom. The second-order valence-corrected chi connectivity index (χ2v) is 13.3.